The molecule has 0 aliphatic rings. The van der Waals surface area contributed by atoms with Gasteiger partial charge in [-0.2, -0.15) is 0 Å². The van der Waals surface area contributed by atoms with Crippen molar-refractivity contribution < 1.29 is 24.0 Å². The number of carbonyl (C=O) groups is 2. The van der Waals surface area contributed by atoms with Gasteiger partial charge in [0.15, 0.2) is 11.8 Å². The molecule has 0 fully saturated rings. The van der Waals surface area contributed by atoms with E-state index in [9.17, 15) is 19.7 Å². The minimum absolute atomic E-state index is 0.00483. The summed E-state index contributed by atoms with van der Waals surface area (Å²) in [4.78, 5) is 38.3. The summed E-state index contributed by atoms with van der Waals surface area (Å²) in [5.74, 6) is -1.39. The van der Waals surface area contributed by atoms with Crippen LogP contribution in [0.25, 0.3) is 0 Å². The van der Waals surface area contributed by atoms with E-state index < -0.39 is 22.9 Å². The average Bonchev–Trinajstić information content (AvgIpc) is 3.05. The van der Waals surface area contributed by atoms with Crippen molar-refractivity contribution in [2.45, 2.75) is 19.6 Å². The summed E-state index contributed by atoms with van der Waals surface area (Å²) >= 11 is 7.15. The molecule has 9 nitrogen and oxygen atoms in total. The molecule has 1 atom stereocenters. The van der Waals surface area contributed by atoms with Gasteiger partial charge in [-0.1, -0.05) is 11.6 Å². The Hall–Kier alpha value is -2.56. The number of nitrogens with one attached hydrogen (secondary N) is 1. The molecule has 0 aliphatic carbocycles. The number of nitro benzene ring substituents is 1. The molecule has 2 rings (SSSR count). The standard InChI is InChI=1S/C15H14ClN3O6S/c1-8(25-15(21)12-7-26-13(17-12)6-24-2)14(20)18-11-4-3-9(19(22)23)5-10(11)16/h3-5,7-8H,6H2,1-2H3,(H,18,20). The number of rotatable bonds is 7. The van der Waals surface area contributed by atoms with Crippen LogP contribution in [0.1, 0.15) is 22.4 Å². The van der Waals surface area contributed by atoms with Gasteiger partial charge in [0.1, 0.15) is 5.01 Å². The zero-order valence-corrected chi connectivity index (χ0v) is 15.3. The molecule has 26 heavy (non-hydrogen) atoms. The summed E-state index contributed by atoms with van der Waals surface area (Å²) in [7, 11) is 1.51. The van der Waals surface area contributed by atoms with Gasteiger partial charge in [0.2, 0.25) is 0 Å². The molecule has 1 aromatic heterocycles. The van der Waals surface area contributed by atoms with E-state index in [1.807, 2.05) is 0 Å². The molecule has 0 bridgehead atoms. The van der Waals surface area contributed by atoms with Gasteiger partial charge in [0.05, 0.1) is 22.2 Å². The molecule has 0 spiro atoms. The second kappa shape index (κ2) is 8.70. The summed E-state index contributed by atoms with van der Waals surface area (Å²) in [6, 6.07) is 3.61. The topological polar surface area (TPSA) is 121 Å². The van der Waals surface area contributed by atoms with E-state index in [1.54, 1.807) is 0 Å². The summed E-state index contributed by atoms with van der Waals surface area (Å²) in [6.45, 7) is 1.65. The monoisotopic (exact) mass is 399 g/mol. The van der Waals surface area contributed by atoms with Crippen LogP contribution in [0.15, 0.2) is 23.6 Å². The van der Waals surface area contributed by atoms with E-state index in [2.05, 4.69) is 10.3 Å². The number of thiazole rings is 1. The fourth-order valence-corrected chi connectivity index (χ4v) is 2.78. The summed E-state index contributed by atoms with van der Waals surface area (Å²) in [6.07, 6.45) is -1.12. The molecule has 11 heteroatoms. The quantitative estimate of drug-likeness (QED) is 0.431. The predicted octanol–water partition coefficient (Wildman–Crippen LogP) is 3.04. The van der Waals surface area contributed by atoms with E-state index in [4.69, 9.17) is 21.1 Å². The Morgan fingerprint density at radius 3 is 2.81 bits per heavy atom. The van der Waals surface area contributed by atoms with Crippen LogP contribution < -0.4 is 5.32 Å². The SMILES string of the molecule is COCc1nc(C(=O)OC(C)C(=O)Nc2ccc([N+](=O)[O-])cc2Cl)cs1. The largest absolute Gasteiger partial charge is 0.448 e. The third-order valence-corrected chi connectivity index (χ3v) is 4.24. The number of methoxy groups -OCH3 is 1. The lowest BCUT2D eigenvalue weighted by Gasteiger charge is -2.13. The van der Waals surface area contributed by atoms with Gasteiger partial charge < -0.3 is 14.8 Å². The Balaban J connectivity index is 1.98. The second-order valence-electron chi connectivity index (χ2n) is 5.02. The number of hydrogen-bond donors (Lipinski definition) is 1. The molecule has 138 valence electrons. The van der Waals surface area contributed by atoms with Gasteiger partial charge in [0.25, 0.3) is 11.6 Å². The molecule has 1 amide bonds. The number of aromatic nitrogens is 1. The Morgan fingerprint density at radius 1 is 1.46 bits per heavy atom. The number of nitrogens with zero attached hydrogens (tertiary/aromatic N) is 2. The van der Waals surface area contributed by atoms with Gasteiger partial charge in [-0.15, -0.1) is 11.3 Å². The van der Waals surface area contributed by atoms with Crippen LogP contribution in [0.5, 0.6) is 0 Å². The van der Waals surface area contributed by atoms with Crippen molar-refractivity contribution >= 4 is 46.2 Å². The van der Waals surface area contributed by atoms with Crippen molar-refractivity contribution in [3.8, 4) is 0 Å². The molecule has 1 N–H and O–H groups in total. The van der Waals surface area contributed by atoms with Gasteiger partial charge in [0, 0.05) is 24.6 Å². The molecule has 0 radical (unpaired) electrons. The number of anilines is 1. The van der Waals surface area contributed by atoms with Crippen LogP contribution in [0.2, 0.25) is 5.02 Å². The molecule has 0 aliphatic heterocycles. The normalized spacial score (nSPS) is 11.7. The third kappa shape index (κ3) is 4.97. The first-order chi connectivity index (χ1) is 12.3. The van der Waals surface area contributed by atoms with Gasteiger partial charge in [-0.05, 0) is 13.0 Å². The molecule has 2 aromatic rings. The lowest BCUT2D eigenvalue weighted by molar-refractivity contribution is -0.384. The van der Waals surface area contributed by atoms with E-state index >= 15 is 0 Å². The third-order valence-electron chi connectivity index (χ3n) is 3.10. The minimum atomic E-state index is -1.12. The first-order valence-electron chi connectivity index (χ1n) is 7.21. The first-order valence-corrected chi connectivity index (χ1v) is 8.46. The Kier molecular flexibility index (Phi) is 6.61. The van der Waals surface area contributed by atoms with Crippen molar-refractivity contribution in [1.82, 2.24) is 4.98 Å². The summed E-state index contributed by atoms with van der Waals surface area (Å²) in [5, 5.41) is 15.2. The fourth-order valence-electron chi connectivity index (χ4n) is 1.82. The van der Waals surface area contributed by atoms with E-state index in [0.717, 1.165) is 6.07 Å². The lowest BCUT2D eigenvalue weighted by Crippen LogP contribution is -2.30. The van der Waals surface area contributed by atoms with Gasteiger partial charge in [-0.25, -0.2) is 9.78 Å². The maximum absolute atomic E-state index is 12.1. The van der Waals surface area contributed by atoms with Crippen LogP contribution >= 0.6 is 22.9 Å². The number of non-ortho nitro benzene ring substituents is 1. The van der Waals surface area contributed by atoms with E-state index in [0.29, 0.717) is 5.01 Å². The summed E-state index contributed by atoms with van der Waals surface area (Å²) in [5.41, 5.74) is 0.0409. The first kappa shape index (κ1) is 19.8. The molecule has 0 saturated carbocycles. The number of carbonyl (C=O) groups excluding carboxylic acids is 2. The van der Waals surface area contributed by atoms with E-state index in [-0.39, 0.29) is 28.7 Å². The van der Waals surface area contributed by atoms with Crippen LogP contribution in [0.4, 0.5) is 11.4 Å². The van der Waals surface area contributed by atoms with Crippen molar-refractivity contribution in [2.75, 3.05) is 12.4 Å². The molecule has 1 heterocycles. The minimum Gasteiger partial charge on any atom is -0.448 e. The highest BCUT2D eigenvalue weighted by Crippen LogP contribution is 2.26. The van der Waals surface area contributed by atoms with Crippen molar-refractivity contribution in [3.63, 3.8) is 0 Å². The second-order valence-corrected chi connectivity index (χ2v) is 6.37. The molecular weight excluding hydrogens is 386 g/mol. The Bertz CT molecular complexity index is 841. The predicted molar refractivity (Wildman–Crippen MR) is 94.4 cm³/mol. The van der Waals surface area contributed by atoms with Crippen LogP contribution in [-0.2, 0) is 20.9 Å². The molecular formula is C15H14ClN3O6S. The fraction of sp³-hybridized carbons (Fsp3) is 0.267. The van der Waals surface area contributed by atoms with Crippen LogP contribution in [0, 0.1) is 10.1 Å². The van der Waals surface area contributed by atoms with Crippen LogP contribution in [-0.4, -0.2) is 35.0 Å². The van der Waals surface area contributed by atoms with Crippen molar-refractivity contribution in [1.29, 1.82) is 0 Å². The number of benzene rings is 1. The highest BCUT2D eigenvalue weighted by Gasteiger charge is 2.22. The number of amides is 1. The lowest BCUT2D eigenvalue weighted by atomic mass is 10.2. The van der Waals surface area contributed by atoms with Gasteiger partial charge >= 0.3 is 5.97 Å². The highest BCUT2D eigenvalue weighted by molar-refractivity contribution is 7.09. The zero-order chi connectivity index (χ0) is 19.3. The average molecular weight is 400 g/mol. The van der Waals surface area contributed by atoms with Crippen molar-refractivity contribution in [3.05, 3.63) is 49.4 Å². The Morgan fingerprint density at radius 2 is 2.19 bits per heavy atom. The molecule has 1 unspecified atom stereocenters. The maximum Gasteiger partial charge on any atom is 0.358 e. The van der Waals surface area contributed by atoms with Gasteiger partial charge in [-0.3, -0.25) is 14.9 Å². The van der Waals surface area contributed by atoms with Crippen LogP contribution in [0.3, 0.4) is 0 Å². The molecule has 1 aromatic carbocycles. The summed E-state index contributed by atoms with van der Waals surface area (Å²) < 4.78 is 9.98. The zero-order valence-electron chi connectivity index (χ0n) is 13.7. The highest BCUT2D eigenvalue weighted by atomic mass is 35.5. The molecule has 0 saturated heterocycles. The number of ether oxygens (including phenoxy) is 2. The smallest absolute Gasteiger partial charge is 0.358 e. The maximum atomic E-state index is 12.1. The number of halogens is 1. The number of hydrogen-bond acceptors (Lipinski definition) is 8. The Labute approximate surface area is 157 Å². The number of nitro groups is 1. The van der Waals surface area contributed by atoms with Crippen molar-refractivity contribution in [2.24, 2.45) is 0 Å². The van der Waals surface area contributed by atoms with E-state index in [1.165, 1.54) is 42.9 Å². The number of esters is 1.